The Bertz CT molecular complexity index is 159. The van der Waals surface area contributed by atoms with Gasteiger partial charge in [0.05, 0.1) is 0 Å². The van der Waals surface area contributed by atoms with Crippen molar-refractivity contribution in [2.24, 2.45) is 5.92 Å². The van der Waals surface area contributed by atoms with Crippen LogP contribution in [0.1, 0.15) is 39.5 Å². The molecule has 11 heavy (non-hydrogen) atoms. The van der Waals surface area contributed by atoms with E-state index in [9.17, 15) is 10.1 Å². The molecule has 0 bridgehead atoms. The van der Waals surface area contributed by atoms with Crippen LogP contribution in [-0.2, 0) is 0 Å². The minimum atomic E-state index is -0.619. The van der Waals surface area contributed by atoms with E-state index in [0.29, 0.717) is 5.92 Å². The summed E-state index contributed by atoms with van der Waals surface area (Å²) in [4.78, 5) is 10.5. The molecular weight excluding hydrogens is 142 g/mol. The van der Waals surface area contributed by atoms with E-state index in [1.165, 1.54) is 0 Å². The summed E-state index contributed by atoms with van der Waals surface area (Å²) in [6.07, 6.45) is 3.53. The van der Waals surface area contributed by atoms with E-state index in [2.05, 4.69) is 6.92 Å². The molecule has 0 aromatic heterocycles. The van der Waals surface area contributed by atoms with Crippen molar-refractivity contribution in [3.8, 4) is 0 Å². The van der Waals surface area contributed by atoms with Crippen molar-refractivity contribution < 1.29 is 4.92 Å². The first-order chi connectivity index (χ1) is 5.04. The first-order valence-corrected chi connectivity index (χ1v) is 4.19. The smallest absolute Gasteiger partial charge is 0.219 e. The van der Waals surface area contributed by atoms with Crippen molar-refractivity contribution in [2.45, 2.75) is 45.1 Å². The van der Waals surface area contributed by atoms with Crippen molar-refractivity contribution >= 4 is 0 Å². The summed E-state index contributed by atoms with van der Waals surface area (Å²) >= 11 is 0. The Kier molecular flexibility index (Phi) is 2.16. The number of hydrogen-bond donors (Lipinski definition) is 0. The Morgan fingerprint density at radius 1 is 1.45 bits per heavy atom. The second-order valence-corrected chi connectivity index (χ2v) is 3.94. The maximum atomic E-state index is 10.6. The van der Waals surface area contributed by atoms with Crippen LogP contribution in [0.2, 0.25) is 0 Å². The highest BCUT2D eigenvalue weighted by Gasteiger charge is 2.39. The summed E-state index contributed by atoms with van der Waals surface area (Å²) in [5, 5.41) is 10.6. The molecule has 64 valence electrons. The predicted molar refractivity (Wildman–Crippen MR) is 43.0 cm³/mol. The van der Waals surface area contributed by atoms with Crippen molar-refractivity contribution in [2.75, 3.05) is 0 Å². The van der Waals surface area contributed by atoms with Gasteiger partial charge in [0, 0.05) is 24.7 Å². The standard InChI is InChI=1S/C8H15NO2/c1-7-3-5-8(2,6-4-7)9(10)11/h7H,3-6H2,1-2H3. The molecule has 1 aliphatic rings. The molecule has 3 nitrogen and oxygen atoms in total. The first kappa shape index (κ1) is 8.50. The topological polar surface area (TPSA) is 43.1 Å². The number of nitrogens with zero attached hydrogens (tertiary/aromatic N) is 1. The normalized spacial score (nSPS) is 38.5. The van der Waals surface area contributed by atoms with Gasteiger partial charge in [0.15, 0.2) is 0 Å². The Labute approximate surface area is 66.9 Å². The molecule has 0 N–H and O–H groups in total. The Balaban J connectivity index is 2.55. The largest absolute Gasteiger partial charge is 0.264 e. The molecule has 0 saturated heterocycles. The zero-order chi connectivity index (χ0) is 8.48. The lowest BCUT2D eigenvalue weighted by Gasteiger charge is -2.28. The molecule has 1 aliphatic carbocycles. The van der Waals surface area contributed by atoms with E-state index < -0.39 is 5.54 Å². The zero-order valence-electron chi connectivity index (χ0n) is 7.17. The van der Waals surface area contributed by atoms with Crippen LogP contribution in [0.3, 0.4) is 0 Å². The molecule has 0 heterocycles. The van der Waals surface area contributed by atoms with Gasteiger partial charge in [-0.05, 0) is 18.8 Å². The van der Waals surface area contributed by atoms with E-state index >= 15 is 0 Å². The van der Waals surface area contributed by atoms with Crippen molar-refractivity contribution in [3.05, 3.63) is 10.1 Å². The van der Waals surface area contributed by atoms with E-state index in [4.69, 9.17) is 0 Å². The van der Waals surface area contributed by atoms with E-state index in [1.807, 2.05) is 0 Å². The van der Waals surface area contributed by atoms with Crippen LogP contribution in [0.5, 0.6) is 0 Å². The molecule has 0 radical (unpaired) electrons. The SMILES string of the molecule is CC1CCC(C)([N+](=O)[O-])CC1. The summed E-state index contributed by atoms with van der Waals surface area (Å²) in [7, 11) is 0. The second kappa shape index (κ2) is 2.80. The van der Waals surface area contributed by atoms with Gasteiger partial charge in [-0.2, -0.15) is 0 Å². The number of hydrogen-bond acceptors (Lipinski definition) is 2. The molecular formula is C8H15NO2. The van der Waals surface area contributed by atoms with Gasteiger partial charge in [0.25, 0.3) is 0 Å². The van der Waals surface area contributed by atoms with Gasteiger partial charge >= 0.3 is 0 Å². The van der Waals surface area contributed by atoms with Crippen LogP contribution in [0, 0.1) is 16.0 Å². The molecule has 3 heteroatoms. The lowest BCUT2D eigenvalue weighted by molar-refractivity contribution is -0.570. The van der Waals surface area contributed by atoms with Crippen molar-refractivity contribution in [1.29, 1.82) is 0 Å². The summed E-state index contributed by atoms with van der Waals surface area (Å²) in [6.45, 7) is 3.93. The maximum absolute atomic E-state index is 10.6. The molecule has 0 atom stereocenters. The highest BCUT2D eigenvalue weighted by atomic mass is 16.6. The predicted octanol–water partition coefficient (Wildman–Crippen LogP) is 2.23. The highest BCUT2D eigenvalue weighted by molar-refractivity contribution is 4.80. The van der Waals surface area contributed by atoms with Crippen LogP contribution < -0.4 is 0 Å². The second-order valence-electron chi connectivity index (χ2n) is 3.94. The minimum Gasteiger partial charge on any atom is -0.264 e. The average molecular weight is 157 g/mol. The zero-order valence-corrected chi connectivity index (χ0v) is 7.17. The number of rotatable bonds is 1. The van der Waals surface area contributed by atoms with E-state index in [1.54, 1.807) is 6.92 Å². The molecule has 0 aromatic rings. The molecule has 0 aromatic carbocycles. The van der Waals surface area contributed by atoms with Gasteiger partial charge in [0.2, 0.25) is 5.54 Å². The van der Waals surface area contributed by atoms with Gasteiger partial charge < -0.3 is 0 Å². The molecule has 0 aliphatic heterocycles. The van der Waals surface area contributed by atoms with Crippen LogP contribution in [0.15, 0.2) is 0 Å². The Morgan fingerprint density at radius 2 is 1.91 bits per heavy atom. The third-order valence-electron chi connectivity index (χ3n) is 2.79. The fourth-order valence-electron chi connectivity index (χ4n) is 1.57. The number of nitro groups is 1. The lowest BCUT2D eigenvalue weighted by Crippen LogP contribution is -2.38. The van der Waals surface area contributed by atoms with Crippen LogP contribution in [0.4, 0.5) is 0 Å². The van der Waals surface area contributed by atoms with Gasteiger partial charge in [-0.1, -0.05) is 6.92 Å². The lowest BCUT2D eigenvalue weighted by atomic mass is 9.79. The first-order valence-electron chi connectivity index (χ1n) is 4.19. The summed E-state index contributed by atoms with van der Waals surface area (Å²) in [5.41, 5.74) is -0.619. The molecule has 0 amide bonds. The van der Waals surface area contributed by atoms with E-state index in [0.717, 1.165) is 25.7 Å². The average Bonchev–Trinajstić information content (AvgIpc) is 1.95. The van der Waals surface area contributed by atoms with Crippen LogP contribution >= 0.6 is 0 Å². The van der Waals surface area contributed by atoms with Crippen LogP contribution in [-0.4, -0.2) is 10.5 Å². The van der Waals surface area contributed by atoms with Crippen molar-refractivity contribution in [1.82, 2.24) is 0 Å². The summed E-state index contributed by atoms with van der Waals surface area (Å²) in [6, 6.07) is 0. The fraction of sp³-hybridized carbons (Fsp3) is 1.00. The van der Waals surface area contributed by atoms with E-state index in [-0.39, 0.29) is 4.92 Å². The molecule has 1 fully saturated rings. The van der Waals surface area contributed by atoms with Gasteiger partial charge in [0.1, 0.15) is 0 Å². The quantitative estimate of drug-likeness (QED) is 0.432. The molecule has 0 spiro atoms. The van der Waals surface area contributed by atoms with Gasteiger partial charge in [-0.25, -0.2) is 0 Å². The minimum absolute atomic E-state index is 0.112. The highest BCUT2D eigenvalue weighted by Crippen LogP contribution is 2.33. The summed E-state index contributed by atoms with van der Waals surface area (Å²) < 4.78 is 0. The van der Waals surface area contributed by atoms with Gasteiger partial charge in [-0.15, -0.1) is 0 Å². The van der Waals surface area contributed by atoms with Gasteiger partial charge in [-0.3, -0.25) is 10.1 Å². The maximum Gasteiger partial charge on any atom is 0.219 e. The Hall–Kier alpha value is -0.600. The Morgan fingerprint density at radius 3 is 2.27 bits per heavy atom. The third kappa shape index (κ3) is 1.70. The molecule has 1 rings (SSSR count). The van der Waals surface area contributed by atoms with Crippen molar-refractivity contribution in [3.63, 3.8) is 0 Å². The van der Waals surface area contributed by atoms with Crippen LogP contribution in [0.25, 0.3) is 0 Å². The summed E-state index contributed by atoms with van der Waals surface area (Å²) in [5.74, 6) is 0.683. The molecule has 0 unspecified atom stereocenters. The molecule has 1 saturated carbocycles. The fourth-order valence-corrected chi connectivity index (χ4v) is 1.57. The third-order valence-corrected chi connectivity index (χ3v) is 2.79. The monoisotopic (exact) mass is 157 g/mol.